The topological polar surface area (TPSA) is 12.4 Å². The molecule has 0 aliphatic carbocycles. The average molecular weight is 410 g/mol. The van der Waals surface area contributed by atoms with Crippen LogP contribution in [0.3, 0.4) is 0 Å². The predicted molar refractivity (Wildman–Crippen MR) is 127 cm³/mol. The molecule has 0 amide bonds. The lowest BCUT2D eigenvalue weighted by Gasteiger charge is -2.11. The molecule has 3 heteroatoms. The molecular weight excluding hydrogens is 389 g/mol. The van der Waals surface area contributed by atoms with Gasteiger partial charge in [-0.15, -0.1) is 0 Å². The molecule has 0 spiro atoms. The Balaban J connectivity index is 1.62. The number of thiocarbonyl (C=S) groups is 1. The summed E-state index contributed by atoms with van der Waals surface area (Å²) >= 11 is 4.55. The first-order valence-corrected chi connectivity index (χ1v) is 10.1. The lowest BCUT2D eigenvalue weighted by atomic mass is 9.94. The molecule has 0 aliphatic heterocycles. The summed E-state index contributed by atoms with van der Waals surface area (Å²) in [5.74, 6) is -0.406. The maximum absolute atomic E-state index is 14.1. The van der Waals surface area contributed by atoms with Crippen LogP contribution in [0, 0.1) is 19.7 Å². The molecule has 0 bridgehead atoms. The number of nitrogens with zero attached hydrogens (tertiary/aromatic N) is 1. The first kappa shape index (κ1) is 19.9. The zero-order chi connectivity index (χ0) is 21.1. The first-order chi connectivity index (χ1) is 14.5. The van der Waals surface area contributed by atoms with E-state index in [1.54, 1.807) is 6.07 Å². The molecule has 0 aromatic heterocycles. The minimum absolute atomic E-state index is 0.203. The van der Waals surface area contributed by atoms with E-state index >= 15 is 0 Å². The van der Waals surface area contributed by atoms with Gasteiger partial charge in [0.1, 0.15) is 11.5 Å². The number of aryl methyl sites for hydroxylation is 2. The fourth-order valence-electron chi connectivity index (χ4n) is 3.58. The highest BCUT2D eigenvalue weighted by Crippen LogP contribution is 2.31. The van der Waals surface area contributed by atoms with Crippen molar-refractivity contribution in [2.75, 3.05) is 0 Å². The maximum atomic E-state index is 14.1. The predicted octanol–water partition coefficient (Wildman–Crippen LogP) is 8.18. The van der Waals surface area contributed by atoms with Gasteiger partial charge in [-0.05, 0) is 77.1 Å². The van der Waals surface area contributed by atoms with E-state index in [4.69, 9.17) is 0 Å². The van der Waals surface area contributed by atoms with Crippen LogP contribution in [0.4, 0.5) is 10.1 Å². The van der Waals surface area contributed by atoms with Crippen molar-refractivity contribution in [3.05, 3.63) is 102 Å². The molecule has 4 aromatic carbocycles. The van der Waals surface area contributed by atoms with Gasteiger partial charge in [-0.2, -0.15) is 4.99 Å². The Morgan fingerprint density at radius 1 is 0.667 bits per heavy atom. The van der Waals surface area contributed by atoms with Gasteiger partial charge in [0.15, 0.2) is 0 Å². The van der Waals surface area contributed by atoms with E-state index < -0.39 is 5.82 Å². The molecule has 30 heavy (non-hydrogen) atoms. The SMILES string of the molecule is Cc1ccc(-c2ccc(-c3ccc(-c4ccc(N=C=S)c(F)c4)cc3)c(C)c2)cc1. The molecule has 4 aromatic rings. The second-order valence-corrected chi connectivity index (χ2v) is 7.52. The number of hydrogen-bond donors (Lipinski definition) is 0. The van der Waals surface area contributed by atoms with E-state index in [9.17, 15) is 4.39 Å². The molecule has 0 fully saturated rings. The molecule has 146 valence electrons. The van der Waals surface area contributed by atoms with Crippen LogP contribution in [0.5, 0.6) is 0 Å². The third kappa shape index (κ3) is 4.13. The summed E-state index contributed by atoms with van der Waals surface area (Å²) in [5.41, 5.74) is 9.18. The Bertz CT molecular complexity index is 1250. The first-order valence-electron chi connectivity index (χ1n) is 9.71. The normalized spacial score (nSPS) is 10.5. The van der Waals surface area contributed by atoms with Gasteiger partial charge in [-0.1, -0.05) is 78.4 Å². The lowest BCUT2D eigenvalue weighted by molar-refractivity contribution is 0.630. The maximum Gasteiger partial charge on any atom is 0.150 e. The van der Waals surface area contributed by atoms with Crippen molar-refractivity contribution in [2.45, 2.75) is 13.8 Å². The number of halogens is 1. The van der Waals surface area contributed by atoms with Gasteiger partial charge in [-0.25, -0.2) is 4.39 Å². The minimum Gasteiger partial charge on any atom is -0.205 e. The highest BCUT2D eigenvalue weighted by molar-refractivity contribution is 7.78. The summed E-state index contributed by atoms with van der Waals surface area (Å²) in [5, 5.41) is 2.20. The van der Waals surface area contributed by atoms with Gasteiger partial charge in [0, 0.05) is 0 Å². The number of benzene rings is 4. The number of rotatable bonds is 4. The Kier molecular flexibility index (Phi) is 5.67. The molecule has 0 atom stereocenters. The Morgan fingerprint density at radius 2 is 1.20 bits per heavy atom. The van der Waals surface area contributed by atoms with Crippen molar-refractivity contribution in [1.29, 1.82) is 0 Å². The summed E-state index contributed by atoms with van der Waals surface area (Å²) in [7, 11) is 0. The van der Waals surface area contributed by atoms with Gasteiger partial charge >= 0.3 is 0 Å². The van der Waals surface area contributed by atoms with Crippen LogP contribution in [0.25, 0.3) is 33.4 Å². The summed E-state index contributed by atoms with van der Waals surface area (Å²) in [4.78, 5) is 3.73. The van der Waals surface area contributed by atoms with E-state index in [0.29, 0.717) is 0 Å². The molecule has 0 saturated heterocycles. The highest BCUT2D eigenvalue weighted by atomic mass is 32.1. The summed E-state index contributed by atoms with van der Waals surface area (Å²) in [6.07, 6.45) is 0. The minimum atomic E-state index is -0.406. The van der Waals surface area contributed by atoms with Crippen LogP contribution in [0.15, 0.2) is 89.9 Å². The molecule has 0 heterocycles. The fourth-order valence-corrected chi connectivity index (χ4v) is 3.68. The van der Waals surface area contributed by atoms with Gasteiger partial charge < -0.3 is 0 Å². The van der Waals surface area contributed by atoms with Crippen LogP contribution in [0.2, 0.25) is 0 Å². The van der Waals surface area contributed by atoms with Gasteiger partial charge in [0.2, 0.25) is 0 Å². The summed E-state index contributed by atoms with van der Waals surface area (Å²) < 4.78 is 14.1. The fraction of sp³-hybridized carbons (Fsp3) is 0.0741. The molecular formula is C27H20FNS. The monoisotopic (exact) mass is 409 g/mol. The van der Waals surface area contributed by atoms with Crippen LogP contribution in [0.1, 0.15) is 11.1 Å². The Labute approximate surface area is 181 Å². The van der Waals surface area contributed by atoms with Crippen molar-refractivity contribution < 1.29 is 4.39 Å². The third-order valence-electron chi connectivity index (χ3n) is 5.25. The van der Waals surface area contributed by atoms with E-state index in [2.05, 4.69) is 90.8 Å². The molecule has 0 unspecified atom stereocenters. The van der Waals surface area contributed by atoms with Gasteiger partial charge in [0.25, 0.3) is 0 Å². The quantitative estimate of drug-likeness (QED) is 0.244. The zero-order valence-electron chi connectivity index (χ0n) is 16.8. The van der Waals surface area contributed by atoms with Crippen molar-refractivity contribution in [3.8, 4) is 33.4 Å². The molecule has 0 N–H and O–H groups in total. The van der Waals surface area contributed by atoms with Gasteiger partial charge in [0.05, 0.1) is 5.16 Å². The molecule has 0 aliphatic rings. The standard InChI is InChI=1S/C27H20FNS/c1-18-3-5-20(6-4-18)23-11-13-25(19(2)15-23)22-9-7-21(8-10-22)24-12-14-27(29-17-30)26(28)16-24/h3-16H,1-2H3. The summed E-state index contributed by atoms with van der Waals surface area (Å²) in [6, 6.07) is 28.2. The van der Waals surface area contributed by atoms with E-state index in [1.165, 1.54) is 33.9 Å². The Hall–Kier alpha value is -3.39. The summed E-state index contributed by atoms with van der Waals surface area (Å²) in [6.45, 7) is 4.23. The van der Waals surface area contributed by atoms with Gasteiger partial charge in [-0.3, -0.25) is 0 Å². The highest BCUT2D eigenvalue weighted by Gasteiger charge is 2.07. The molecule has 1 nitrogen and oxygen atoms in total. The second kappa shape index (κ2) is 8.54. The molecule has 0 saturated carbocycles. The second-order valence-electron chi connectivity index (χ2n) is 7.34. The number of isothiocyanates is 1. The zero-order valence-corrected chi connectivity index (χ0v) is 17.6. The van der Waals surface area contributed by atoms with Crippen LogP contribution >= 0.6 is 12.2 Å². The largest absolute Gasteiger partial charge is 0.205 e. The lowest BCUT2D eigenvalue weighted by Crippen LogP contribution is -1.87. The van der Waals surface area contributed by atoms with E-state index in [0.717, 1.165) is 16.7 Å². The average Bonchev–Trinajstić information content (AvgIpc) is 2.76. The van der Waals surface area contributed by atoms with E-state index in [1.807, 2.05) is 18.2 Å². The Morgan fingerprint density at radius 3 is 1.80 bits per heavy atom. The van der Waals surface area contributed by atoms with Crippen LogP contribution in [-0.4, -0.2) is 5.16 Å². The third-order valence-corrected chi connectivity index (χ3v) is 5.35. The van der Waals surface area contributed by atoms with Crippen molar-refractivity contribution in [1.82, 2.24) is 0 Å². The number of aliphatic imine (C=N–C) groups is 1. The number of hydrogen-bond acceptors (Lipinski definition) is 2. The molecule has 0 radical (unpaired) electrons. The molecule has 4 rings (SSSR count). The van der Waals surface area contributed by atoms with Crippen molar-refractivity contribution in [3.63, 3.8) is 0 Å². The van der Waals surface area contributed by atoms with Crippen molar-refractivity contribution >= 4 is 23.1 Å². The smallest absolute Gasteiger partial charge is 0.150 e. The van der Waals surface area contributed by atoms with Crippen LogP contribution in [-0.2, 0) is 0 Å². The van der Waals surface area contributed by atoms with E-state index in [-0.39, 0.29) is 5.69 Å². The van der Waals surface area contributed by atoms with Crippen LogP contribution < -0.4 is 0 Å². The van der Waals surface area contributed by atoms with Crippen molar-refractivity contribution in [2.24, 2.45) is 4.99 Å².